The molecule has 0 aliphatic carbocycles. The van der Waals surface area contributed by atoms with Crippen LogP contribution >= 0.6 is 11.3 Å². The molecule has 8 nitrogen and oxygen atoms in total. The summed E-state index contributed by atoms with van der Waals surface area (Å²) in [6.45, 7) is 4.06. The lowest BCUT2D eigenvalue weighted by atomic mass is 9.93. The number of fused-ring (bicyclic) bond motifs is 1. The van der Waals surface area contributed by atoms with Crippen molar-refractivity contribution in [3.8, 4) is 17.2 Å². The van der Waals surface area contributed by atoms with E-state index in [1.54, 1.807) is 0 Å². The van der Waals surface area contributed by atoms with E-state index in [1.165, 1.54) is 44.8 Å². The van der Waals surface area contributed by atoms with Crippen LogP contribution < -0.4 is 24.6 Å². The van der Waals surface area contributed by atoms with Crippen LogP contribution in [0.25, 0.3) is 0 Å². The molecule has 0 fully saturated rings. The maximum Gasteiger partial charge on any atom is 0.256 e. The Kier molecular flexibility index (Phi) is 5.72. The molecular formula is C20H22NO7S-. The van der Waals surface area contributed by atoms with Crippen molar-refractivity contribution in [2.24, 2.45) is 0 Å². The van der Waals surface area contributed by atoms with E-state index in [0.29, 0.717) is 29.2 Å². The fourth-order valence-corrected chi connectivity index (χ4v) is 4.36. The molecule has 0 bridgehead atoms. The third-order valence-electron chi connectivity index (χ3n) is 4.65. The van der Waals surface area contributed by atoms with Crippen molar-refractivity contribution in [2.75, 3.05) is 26.6 Å². The number of aromatic carboxylic acids is 1. The summed E-state index contributed by atoms with van der Waals surface area (Å²) < 4.78 is 21.5. The maximum absolute atomic E-state index is 12.9. The lowest BCUT2D eigenvalue weighted by Crippen LogP contribution is -2.33. The van der Waals surface area contributed by atoms with Crippen LogP contribution in [0, 0.1) is 0 Å². The highest BCUT2D eigenvalue weighted by Crippen LogP contribution is 2.41. The van der Waals surface area contributed by atoms with E-state index >= 15 is 0 Å². The van der Waals surface area contributed by atoms with Gasteiger partial charge in [0.05, 0.1) is 39.5 Å². The summed E-state index contributed by atoms with van der Waals surface area (Å²) in [5.41, 5.74) is 0.386. The molecule has 1 aromatic carbocycles. The number of hydrogen-bond acceptors (Lipinski definition) is 8. The number of carboxylic acid groups (broad SMARTS) is 1. The van der Waals surface area contributed by atoms with Gasteiger partial charge in [0, 0.05) is 22.4 Å². The lowest BCUT2D eigenvalue weighted by Gasteiger charge is -2.30. The van der Waals surface area contributed by atoms with Crippen molar-refractivity contribution >= 4 is 28.2 Å². The Morgan fingerprint density at radius 1 is 1.14 bits per heavy atom. The fourth-order valence-electron chi connectivity index (χ4n) is 3.24. The number of carbonyl (C=O) groups excluding carboxylic acids is 2. The van der Waals surface area contributed by atoms with E-state index in [2.05, 4.69) is 5.32 Å². The third kappa shape index (κ3) is 4.01. The van der Waals surface area contributed by atoms with Gasteiger partial charge in [-0.1, -0.05) is 0 Å². The molecule has 29 heavy (non-hydrogen) atoms. The zero-order chi connectivity index (χ0) is 21.3. The summed E-state index contributed by atoms with van der Waals surface area (Å²) in [6, 6.07) is 2.99. The van der Waals surface area contributed by atoms with Crippen LogP contribution in [0.4, 0.5) is 5.00 Å². The van der Waals surface area contributed by atoms with Gasteiger partial charge in [-0.2, -0.15) is 0 Å². The molecule has 1 amide bonds. The third-order valence-corrected chi connectivity index (χ3v) is 5.77. The van der Waals surface area contributed by atoms with Crippen LogP contribution in [0.3, 0.4) is 0 Å². The average Bonchev–Trinajstić information content (AvgIpc) is 3.02. The molecule has 0 saturated carbocycles. The minimum absolute atomic E-state index is 0.00201. The van der Waals surface area contributed by atoms with E-state index in [9.17, 15) is 14.7 Å². The van der Waals surface area contributed by atoms with E-state index in [-0.39, 0.29) is 22.7 Å². The van der Waals surface area contributed by atoms with Gasteiger partial charge in [-0.15, -0.1) is 11.3 Å². The topological polar surface area (TPSA) is 106 Å². The highest BCUT2D eigenvalue weighted by atomic mass is 32.1. The quantitative estimate of drug-likeness (QED) is 0.764. The van der Waals surface area contributed by atoms with Gasteiger partial charge >= 0.3 is 0 Å². The number of amides is 1. The second kappa shape index (κ2) is 7.92. The van der Waals surface area contributed by atoms with Crippen LogP contribution in [-0.4, -0.2) is 38.8 Å². The second-order valence-corrected chi connectivity index (χ2v) is 8.19. The van der Waals surface area contributed by atoms with Gasteiger partial charge in [0.15, 0.2) is 11.5 Å². The van der Waals surface area contributed by atoms with Crippen molar-refractivity contribution in [2.45, 2.75) is 32.5 Å². The van der Waals surface area contributed by atoms with Gasteiger partial charge < -0.3 is 34.2 Å². The molecule has 2 aromatic rings. The predicted octanol–water partition coefficient (Wildman–Crippen LogP) is 2.24. The van der Waals surface area contributed by atoms with Crippen LogP contribution in [0.2, 0.25) is 0 Å². The summed E-state index contributed by atoms with van der Waals surface area (Å²) in [7, 11) is 4.36. The van der Waals surface area contributed by atoms with Crippen LogP contribution in [0.15, 0.2) is 12.1 Å². The van der Waals surface area contributed by atoms with Gasteiger partial charge in [-0.3, -0.25) is 4.79 Å². The predicted molar refractivity (Wildman–Crippen MR) is 105 cm³/mol. The summed E-state index contributed by atoms with van der Waals surface area (Å²) in [5, 5.41) is 14.7. The van der Waals surface area contributed by atoms with Crippen molar-refractivity contribution in [3.05, 3.63) is 33.7 Å². The molecule has 156 valence electrons. The van der Waals surface area contributed by atoms with Crippen molar-refractivity contribution in [3.63, 3.8) is 0 Å². The van der Waals surface area contributed by atoms with E-state index in [1.807, 2.05) is 13.8 Å². The molecule has 1 aliphatic rings. The summed E-state index contributed by atoms with van der Waals surface area (Å²) >= 11 is 1.18. The minimum atomic E-state index is -1.33. The molecule has 0 radical (unpaired) electrons. The molecule has 3 rings (SSSR count). The van der Waals surface area contributed by atoms with E-state index < -0.39 is 17.5 Å². The van der Waals surface area contributed by atoms with Gasteiger partial charge in [-0.25, -0.2) is 0 Å². The number of hydrogen-bond donors (Lipinski definition) is 1. The van der Waals surface area contributed by atoms with Crippen LogP contribution in [0.1, 0.15) is 45.0 Å². The molecule has 0 atom stereocenters. The first-order valence-electron chi connectivity index (χ1n) is 8.82. The Labute approximate surface area is 172 Å². The monoisotopic (exact) mass is 420 g/mol. The van der Waals surface area contributed by atoms with Crippen LogP contribution in [-0.2, 0) is 17.8 Å². The summed E-state index contributed by atoms with van der Waals surface area (Å²) in [5.74, 6) is -0.852. The number of anilines is 1. The van der Waals surface area contributed by atoms with Crippen molar-refractivity contribution in [1.29, 1.82) is 0 Å². The molecule has 9 heteroatoms. The highest BCUT2D eigenvalue weighted by Gasteiger charge is 2.32. The fraction of sp³-hybridized carbons (Fsp3) is 0.400. The number of carbonyl (C=O) groups is 2. The number of thiophene rings is 1. The molecule has 0 unspecified atom stereocenters. The number of benzene rings is 1. The minimum Gasteiger partial charge on any atom is -0.545 e. The smallest absolute Gasteiger partial charge is 0.256 e. The second-order valence-electron chi connectivity index (χ2n) is 7.09. The average molecular weight is 420 g/mol. The Balaban J connectivity index is 1.98. The Morgan fingerprint density at radius 3 is 2.28 bits per heavy atom. The molecule has 1 N–H and O–H groups in total. The molecule has 0 spiro atoms. The highest BCUT2D eigenvalue weighted by molar-refractivity contribution is 7.17. The Bertz CT molecular complexity index is 939. The van der Waals surface area contributed by atoms with E-state index in [0.717, 1.165) is 4.88 Å². The summed E-state index contributed by atoms with van der Waals surface area (Å²) in [4.78, 5) is 25.4. The van der Waals surface area contributed by atoms with Gasteiger partial charge in [0.2, 0.25) is 5.75 Å². The summed E-state index contributed by atoms with van der Waals surface area (Å²) in [6.07, 6.45) is 0.419. The van der Waals surface area contributed by atoms with Crippen LogP contribution in [0.5, 0.6) is 17.2 Å². The van der Waals surface area contributed by atoms with Gasteiger partial charge in [-0.05, 0) is 31.5 Å². The first-order valence-corrected chi connectivity index (χ1v) is 9.63. The zero-order valence-corrected chi connectivity index (χ0v) is 17.7. The van der Waals surface area contributed by atoms with E-state index in [4.69, 9.17) is 18.9 Å². The van der Waals surface area contributed by atoms with Crippen molar-refractivity contribution in [1.82, 2.24) is 0 Å². The largest absolute Gasteiger partial charge is 0.545 e. The number of ether oxygens (including phenoxy) is 4. The lowest BCUT2D eigenvalue weighted by molar-refractivity contribution is -0.255. The molecular weight excluding hydrogens is 398 g/mol. The van der Waals surface area contributed by atoms with Crippen molar-refractivity contribution < 1.29 is 33.6 Å². The number of nitrogens with one attached hydrogen (secondary N) is 1. The standard InChI is InChI=1S/C20H23NO7S/c1-20(2)8-11-14(9-28-20)29-18(15(11)19(23)24)21-17(22)10-6-12(25-3)16(27-5)13(7-10)26-4/h6-7H,8-9H2,1-5H3,(H,21,22)(H,23,24)/p-1. The number of methoxy groups -OCH3 is 3. The number of carboxylic acids is 1. The first kappa shape index (κ1) is 20.9. The maximum atomic E-state index is 12.9. The Morgan fingerprint density at radius 2 is 1.76 bits per heavy atom. The molecule has 0 saturated heterocycles. The normalized spacial score (nSPS) is 14.7. The molecule has 1 aromatic heterocycles. The molecule has 2 heterocycles. The molecule has 1 aliphatic heterocycles. The SMILES string of the molecule is COc1cc(C(=O)Nc2sc3c(c2C(=O)[O-])CC(C)(C)OC3)cc(OC)c1OC. The zero-order valence-electron chi connectivity index (χ0n) is 16.8. The first-order chi connectivity index (χ1) is 13.7. The van der Waals surface area contributed by atoms with Gasteiger partial charge in [0.25, 0.3) is 5.91 Å². The van der Waals surface area contributed by atoms with Gasteiger partial charge in [0.1, 0.15) is 5.00 Å². The Hall–Kier alpha value is -2.78. The number of rotatable bonds is 6.